The van der Waals surface area contributed by atoms with Crippen LogP contribution in [0.25, 0.3) is 0 Å². The number of nitrogens with zero attached hydrogens (tertiary/aromatic N) is 6. The van der Waals surface area contributed by atoms with Gasteiger partial charge in [-0.3, -0.25) is 0 Å². The van der Waals surface area contributed by atoms with E-state index in [2.05, 4.69) is 47.5 Å². The van der Waals surface area contributed by atoms with Crippen molar-refractivity contribution in [3.05, 3.63) is 60.2 Å². The molecular formula is C31H46Cl2F3N9O5. The number of hydrogen-bond acceptors (Lipinski definition) is 14. The highest BCUT2D eigenvalue weighted by atomic mass is 35.5. The van der Waals surface area contributed by atoms with Crippen LogP contribution in [0.15, 0.2) is 37.6 Å². The van der Waals surface area contributed by atoms with E-state index in [1.54, 1.807) is 0 Å². The molecule has 280 valence electrons. The summed E-state index contributed by atoms with van der Waals surface area (Å²) in [6.45, 7) is 2.07. The van der Waals surface area contributed by atoms with Gasteiger partial charge in [0.15, 0.2) is 34.2 Å². The average molecular weight is 753 g/mol. The lowest BCUT2D eigenvalue weighted by Gasteiger charge is -2.13. The molecule has 19 heteroatoms. The molecule has 0 aromatic carbocycles. The lowest BCUT2D eigenvalue weighted by molar-refractivity contribution is 0.0903. The summed E-state index contributed by atoms with van der Waals surface area (Å²) in [5, 5.41) is 51.9. The first-order chi connectivity index (χ1) is 23.4. The van der Waals surface area contributed by atoms with Gasteiger partial charge in [0.05, 0.1) is 36.9 Å². The summed E-state index contributed by atoms with van der Waals surface area (Å²) in [4.78, 5) is 21.5. The number of halogens is 5. The Morgan fingerprint density at radius 3 is 1.42 bits per heavy atom. The largest absolute Gasteiger partial charge is 0.396 e. The number of rotatable bonds is 7. The Hall–Kier alpha value is -3.03. The van der Waals surface area contributed by atoms with Crippen LogP contribution >= 0.6 is 24.0 Å². The summed E-state index contributed by atoms with van der Waals surface area (Å²) >= 11 is 5.18. The first-order valence-corrected chi connectivity index (χ1v) is 16.4. The maximum absolute atomic E-state index is 13.3. The third-order valence-corrected chi connectivity index (χ3v) is 8.92. The molecule has 3 aromatic rings. The number of anilines is 2. The van der Waals surface area contributed by atoms with Gasteiger partial charge < -0.3 is 41.9 Å². The number of aromatic nitrogens is 6. The zero-order chi connectivity index (χ0) is 35.9. The predicted molar refractivity (Wildman–Crippen MR) is 182 cm³/mol. The molecule has 0 aliphatic heterocycles. The normalized spacial score (nSPS) is 28.1. The van der Waals surface area contributed by atoms with Crippen molar-refractivity contribution in [2.24, 2.45) is 23.5 Å². The van der Waals surface area contributed by atoms with E-state index < -0.39 is 23.6 Å². The monoisotopic (exact) mass is 751 g/mol. The summed E-state index contributed by atoms with van der Waals surface area (Å²) in [6, 6.07) is 0.137. The molecule has 0 bridgehead atoms. The van der Waals surface area contributed by atoms with Gasteiger partial charge >= 0.3 is 0 Å². The summed E-state index contributed by atoms with van der Waals surface area (Å²) in [6.07, 6.45) is 10.8. The van der Waals surface area contributed by atoms with E-state index in [0.29, 0.717) is 31.6 Å². The molecule has 9 N–H and O–H groups in total. The second-order valence-corrected chi connectivity index (χ2v) is 12.6. The van der Waals surface area contributed by atoms with Gasteiger partial charge in [-0.1, -0.05) is 24.9 Å². The molecule has 0 spiro atoms. The SMILES string of the molecule is CC[C@H]1C[C@@H](Nc2ncncc2F)C[C@@H]1O.Cl.Fc1cncnc1Cl.N[C@@H]1C[C@H](CO)[C@@H](O)C1.OC[C@H]1C[C@@H](Nc2ncncc2F)C[C@@H]1O. The van der Waals surface area contributed by atoms with Gasteiger partial charge in [0, 0.05) is 43.2 Å². The Morgan fingerprint density at radius 2 is 1.10 bits per heavy atom. The maximum atomic E-state index is 13.3. The summed E-state index contributed by atoms with van der Waals surface area (Å²) in [5.41, 5.74) is 5.52. The summed E-state index contributed by atoms with van der Waals surface area (Å²) in [5.74, 6) is -0.977. The molecule has 3 heterocycles. The highest BCUT2D eigenvalue weighted by Crippen LogP contribution is 2.31. The molecular weight excluding hydrogens is 706 g/mol. The second-order valence-electron chi connectivity index (χ2n) is 12.2. The van der Waals surface area contributed by atoms with E-state index in [1.165, 1.54) is 19.0 Å². The van der Waals surface area contributed by atoms with Gasteiger partial charge in [-0.25, -0.2) is 43.1 Å². The van der Waals surface area contributed by atoms with Crippen molar-refractivity contribution >= 4 is 35.6 Å². The Kier molecular flexibility index (Phi) is 19.0. The molecule has 6 rings (SSSR count). The number of aliphatic hydroxyl groups excluding tert-OH is 5. The van der Waals surface area contributed by atoms with Crippen LogP contribution in [0.1, 0.15) is 51.9 Å². The fourth-order valence-electron chi connectivity index (χ4n) is 5.94. The molecule has 0 saturated heterocycles. The highest BCUT2D eigenvalue weighted by Gasteiger charge is 2.33. The average Bonchev–Trinajstić information content (AvgIpc) is 3.75. The molecule has 50 heavy (non-hydrogen) atoms. The van der Waals surface area contributed by atoms with Gasteiger partial charge in [-0.05, 0) is 44.4 Å². The topological polar surface area (TPSA) is 229 Å². The minimum absolute atomic E-state index is 0. The van der Waals surface area contributed by atoms with Gasteiger partial charge in [0.2, 0.25) is 0 Å². The lowest BCUT2D eigenvalue weighted by Crippen LogP contribution is -2.18. The number of nitrogens with two attached hydrogens (primary N) is 1. The van der Waals surface area contributed by atoms with Gasteiger partial charge in [0.25, 0.3) is 0 Å². The van der Waals surface area contributed by atoms with Crippen molar-refractivity contribution < 1.29 is 38.7 Å². The van der Waals surface area contributed by atoms with Crippen LogP contribution < -0.4 is 16.4 Å². The minimum Gasteiger partial charge on any atom is -0.396 e. The van der Waals surface area contributed by atoms with Crippen LogP contribution in [0.3, 0.4) is 0 Å². The van der Waals surface area contributed by atoms with Crippen LogP contribution in [0.5, 0.6) is 0 Å². The van der Waals surface area contributed by atoms with E-state index in [0.717, 1.165) is 37.9 Å². The van der Waals surface area contributed by atoms with Crippen molar-refractivity contribution in [1.29, 1.82) is 0 Å². The maximum Gasteiger partial charge on any atom is 0.183 e. The first-order valence-electron chi connectivity index (χ1n) is 16.0. The van der Waals surface area contributed by atoms with E-state index >= 15 is 0 Å². The highest BCUT2D eigenvalue weighted by molar-refractivity contribution is 6.29. The van der Waals surface area contributed by atoms with E-state index in [4.69, 9.17) is 32.7 Å². The zero-order valence-corrected chi connectivity index (χ0v) is 29.0. The molecule has 3 saturated carbocycles. The Balaban J connectivity index is 0.000000240. The zero-order valence-electron chi connectivity index (χ0n) is 27.4. The van der Waals surface area contributed by atoms with Crippen molar-refractivity contribution in [2.75, 3.05) is 23.8 Å². The Morgan fingerprint density at radius 1 is 0.680 bits per heavy atom. The molecule has 3 fully saturated rings. The second kappa shape index (κ2) is 22.0. The van der Waals surface area contributed by atoms with Crippen LogP contribution in [0.4, 0.5) is 24.8 Å². The van der Waals surface area contributed by atoms with Crippen LogP contribution in [-0.2, 0) is 0 Å². The van der Waals surface area contributed by atoms with Crippen molar-refractivity contribution in [3.8, 4) is 0 Å². The standard InChI is InChI=1S/C11H16FN3O.C10H14FN3O2.C6H13NO2.C4H2ClFN2.ClH/c1-2-7-3-8(4-10(7)16)15-11-9(12)5-13-6-14-11;11-8-3-12-5-13-10(8)14-7-1-6(4-15)9(16)2-7;7-5-1-4(3-8)6(9)2-5;5-4-3(6)1-7-2-8-4;/h5-8,10,16H,2-4H2,1H3,(H,13,14,15);3,5-7,9,15-16H,1-2,4H2,(H,12,13,14);4-6,8-9H,1-3,7H2;1-2H;1H/t7-,8+,10-;6-,7-,9+;4-,5-,6+;;/m011../s1. The summed E-state index contributed by atoms with van der Waals surface area (Å²) < 4.78 is 38.6. The number of hydrogen-bond donors (Lipinski definition) is 8. The molecule has 3 aliphatic rings. The van der Waals surface area contributed by atoms with E-state index in [1.807, 2.05) is 0 Å². The quantitative estimate of drug-likeness (QED) is 0.162. The molecule has 14 nitrogen and oxygen atoms in total. The summed E-state index contributed by atoms with van der Waals surface area (Å²) in [7, 11) is 0. The van der Waals surface area contributed by atoms with E-state index in [-0.39, 0.29) is 84.6 Å². The van der Waals surface area contributed by atoms with Crippen LogP contribution in [0.2, 0.25) is 5.15 Å². The smallest absolute Gasteiger partial charge is 0.183 e. The molecule has 0 unspecified atom stereocenters. The first kappa shape index (κ1) is 43.1. The Bertz CT molecular complexity index is 1320. The van der Waals surface area contributed by atoms with Gasteiger partial charge in [0.1, 0.15) is 19.0 Å². The third kappa shape index (κ3) is 13.6. The molecule has 3 aliphatic carbocycles. The van der Waals surface area contributed by atoms with Crippen molar-refractivity contribution in [3.63, 3.8) is 0 Å². The number of nitrogens with one attached hydrogen (secondary N) is 2. The molecule has 9 atom stereocenters. The fraction of sp³-hybridized carbons (Fsp3) is 0.613. The third-order valence-electron chi connectivity index (χ3n) is 8.64. The molecule has 0 amide bonds. The van der Waals surface area contributed by atoms with Gasteiger partial charge in [-0.2, -0.15) is 0 Å². The van der Waals surface area contributed by atoms with E-state index in [9.17, 15) is 23.4 Å². The molecule has 0 radical (unpaired) electrons. The lowest BCUT2D eigenvalue weighted by atomic mass is 10.0. The number of aliphatic hydroxyl groups is 5. The van der Waals surface area contributed by atoms with Crippen LogP contribution in [0, 0.1) is 35.2 Å². The predicted octanol–water partition coefficient (Wildman–Crippen LogP) is 2.50. The fourth-order valence-corrected chi connectivity index (χ4v) is 6.03. The molecule has 3 aromatic heterocycles. The van der Waals surface area contributed by atoms with Crippen molar-refractivity contribution in [2.45, 2.75) is 88.3 Å². The Labute approximate surface area is 299 Å². The van der Waals surface area contributed by atoms with Crippen LogP contribution in [-0.4, -0.2) is 105 Å². The minimum atomic E-state index is -0.589. The van der Waals surface area contributed by atoms with Crippen molar-refractivity contribution in [1.82, 2.24) is 29.9 Å². The van der Waals surface area contributed by atoms with Gasteiger partial charge in [-0.15, -0.1) is 12.4 Å².